The Kier molecular flexibility index (Phi) is 6.69. The number of benzene rings is 2. The second-order valence-corrected chi connectivity index (χ2v) is 8.18. The minimum absolute atomic E-state index is 0.115. The van der Waals surface area contributed by atoms with Crippen molar-refractivity contribution in [3.63, 3.8) is 0 Å². The SMILES string of the molecule is Cc1c(C(=O)NNC(=O)CCCCCn2c(=S)[nH]c3ccccc3c2=O)oc2ccccc12. The van der Waals surface area contributed by atoms with E-state index in [9.17, 15) is 14.4 Å². The highest BCUT2D eigenvalue weighted by Gasteiger charge is 2.17. The van der Waals surface area contributed by atoms with Gasteiger partial charge < -0.3 is 9.40 Å². The molecule has 0 spiro atoms. The third-order valence-electron chi connectivity index (χ3n) is 5.54. The van der Waals surface area contributed by atoms with Gasteiger partial charge in [-0.05, 0) is 50.2 Å². The number of hydrogen-bond donors (Lipinski definition) is 3. The summed E-state index contributed by atoms with van der Waals surface area (Å²) in [5, 5.41) is 1.46. The van der Waals surface area contributed by atoms with Crippen LogP contribution in [0.4, 0.5) is 0 Å². The summed E-state index contributed by atoms with van der Waals surface area (Å²) < 4.78 is 7.53. The number of furan rings is 1. The Labute approximate surface area is 194 Å². The zero-order valence-corrected chi connectivity index (χ0v) is 19.0. The highest BCUT2D eigenvalue weighted by atomic mass is 32.1. The van der Waals surface area contributed by atoms with Gasteiger partial charge in [0.25, 0.3) is 5.56 Å². The summed E-state index contributed by atoms with van der Waals surface area (Å²) >= 11 is 5.31. The van der Waals surface area contributed by atoms with Crippen LogP contribution in [0.3, 0.4) is 0 Å². The number of carbonyl (C=O) groups excluding carboxylic acids is 2. The van der Waals surface area contributed by atoms with Gasteiger partial charge in [0.15, 0.2) is 10.5 Å². The Morgan fingerprint density at radius 2 is 1.73 bits per heavy atom. The van der Waals surface area contributed by atoms with E-state index in [2.05, 4.69) is 15.8 Å². The van der Waals surface area contributed by atoms with Crippen molar-refractivity contribution in [1.29, 1.82) is 0 Å². The molecule has 0 radical (unpaired) electrons. The topological polar surface area (TPSA) is 109 Å². The van der Waals surface area contributed by atoms with Crippen LogP contribution in [0.25, 0.3) is 21.9 Å². The molecule has 0 atom stereocenters. The fourth-order valence-electron chi connectivity index (χ4n) is 3.77. The zero-order valence-electron chi connectivity index (χ0n) is 18.1. The number of rotatable bonds is 7. The smallest absolute Gasteiger partial charge is 0.305 e. The largest absolute Gasteiger partial charge is 0.451 e. The van der Waals surface area contributed by atoms with Crippen molar-refractivity contribution in [2.75, 3.05) is 0 Å². The maximum Gasteiger partial charge on any atom is 0.305 e. The zero-order chi connectivity index (χ0) is 23.4. The number of nitrogens with one attached hydrogen (secondary N) is 3. The molecule has 0 aliphatic carbocycles. The van der Waals surface area contributed by atoms with Crippen molar-refractivity contribution in [3.05, 3.63) is 75.0 Å². The van der Waals surface area contributed by atoms with Crippen molar-refractivity contribution in [2.24, 2.45) is 0 Å². The van der Waals surface area contributed by atoms with Crippen LogP contribution < -0.4 is 16.4 Å². The van der Waals surface area contributed by atoms with E-state index < -0.39 is 5.91 Å². The molecule has 4 aromatic rings. The number of H-pyrrole nitrogens is 1. The van der Waals surface area contributed by atoms with Crippen LogP contribution in [0.1, 0.15) is 41.8 Å². The number of hydrogen-bond acceptors (Lipinski definition) is 5. The molecule has 4 rings (SSSR count). The molecule has 33 heavy (non-hydrogen) atoms. The van der Waals surface area contributed by atoms with Gasteiger partial charge in [-0.15, -0.1) is 0 Å². The molecule has 0 aliphatic rings. The number of para-hydroxylation sites is 2. The Morgan fingerprint density at radius 1 is 1.00 bits per heavy atom. The molecule has 0 unspecified atom stereocenters. The van der Waals surface area contributed by atoms with E-state index in [-0.39, 0.29) is 23.6 Å². The van der Waals surface area contributed by atoms with Gasteiger partial charge in [-0.25, -0.2) is 0 Å². The number of fused-ring (bicyclic) bond motifs is 2. The number of unbranched alkanes of at least 4 members (excludes halogenated alkanes) is 2. The lowest BCUT2D eigenvalue weighted by molar-refractivity contribution is -0.122. The van der Waals surface area contributed by atoms with Gasteiger partial charge in [-0.1, -0.05) is 36.8 Å². The molecule has 0 saturated carbocycles. The van der Waals surface area contributed by atoms with Gasteiger partial charge in [0.05, 0.1) is 10.9 Å². The third kappa shape index (κ3) is 4.88. The third-order valence-corrected chi connectivity index (χ3v) is 5.86. The van der Waals surface area contributed by atoms with Crippen LogP contribution in [-0.2, 0) is 11.3 Å². The molecule has 0 aliphatic heterocycles. The predicted octanol–water partition coefficient (Wildman–Crippen LogP) is 4.14. The van der Waals surface area contributed by atoms with E-state index in [0.717, 1.165) is 22.9 Å². The first-order chi connectivity index (χ1) is 16.0. The molecular weight excluding hydrogens is 440 g/mol. The van der Waals surface area contributed by atoms with Crippen LogP contribution >= 0.6 is 12.2 Å². The van der Waals surface area contributed by atoms with Gasteiger partial charge in [0.1, 0.15) is 5.58 Å². The number of aryl methyl sites for hydroxylation is 1. The van der Waals surface area contributed by atoms with Crippen LogP contribution in [0.2, 0.25) is 0 Å². The summed E-state index contributed by atoms with van der Waals surface area (Å²) in [6.45, 7) is 2.28. The van der Waals surface area contributed by atoms with E-state index in [1.165, 1.54) is 0 Å². The highest BCUT2D eigenvalue weighted by molar-refractivity contribution is 7.71. The fourth-order valence-corrected chi connectivity index (χ4v) is 4.06. The lowest BCUT2D eigenvalue weighted by Gasteiger charge is -2.08. The highest BCUT2D eigenvalue weighted by Crippen LogP contribution is 2.24. The molecule has 2 aromatic carbocycles. The second-order valence-electron chi connectivity index (χ2n) is 7.80. The number of hydrazine groups is 1. The second kappa shape index (κ2) is 9.83. The molecular formula is C24H24N4O4S. The molecule has 0 saturated heterocycles. The van der Waals surface area contributed by atoms with Gasteiger partial charge in [0.2, 0.25) is 5.91 Å². The number of carbonyl (C=O) groups is 2. The number of aromatic nitrogens is 2. The fraction of sp³-hybridized carbons (Fsp3) is 0.250. The van der Waals surface area contributed by atoms with E-state index >= 15 is 0 Å². The molecule has 2 heterocycles. The first-order valence-electron chi connectivity index (χ1n) is 10.7. The lowest BCUT2D eigenvalue weighted by Crippen LogP contribution is -2.41. The quantitative estimate of drug-likeness (QED) is 0.216. The van der Waals surface area contributed by atoms with Crippen molar-refractivity contribution < 1.29 is 14.0 Å². The van der Waals surface area contributed by atoms with Crippen LogP contribution in [-0.4, -0.2) is 21.4 Å². The number of nitrogens with zero attached hydrogens (tertiary/aromatic N) is 1. The number of amides is 2. The standard InChI is InChI=1S/C24H24N4O4S/c1-15-16-9-5-7-12-19(16)32-21(15)22(30)27-26-20(29)13-3-2-8-14-28-23(31)17-10-4-6-11-18(17)25-24(28)33/h4-7,9-12H,2-3,8,13-14H2,1H3,(H,25,33)(H,26,29)(H,27,30). The first-order valence-corrected chi connectivity index (χ1v) is 11.2. The summed E-state index contributed by atoms with van der Waals surface area (Å²) in [5.41, 5.74) is 6.78. The summed E-state index contributed by atoms with van der Waals surface area (Å²) in [7, 11) is 0. The van der Waals surface area contributed by atoms with Gasteiger partial charge >= 0.3 is 5.91 Å². The molecule has 8 nitrogen and oxygen atoms in total. The van der Waals surface area contributed by atoms with Gasteiger partial charge in [-0.3, -0.25) is 29.8 Å². The minimum Gasteiger partial charge on any atom is -0.451 e. The molecule has 2 aromatic heterocycles. The van der Waals surface area contributed by atoms with E-state index in [0.29, 0.717) is 35.1 Å². The summed E-state index contributed by atoms with van der Waals surface area (Å²) in [4.78, 5) is 40.2. The van der Waals surface area contributed by atoms with Crippen LogP contribution in [0.15, 0.2) is 57.7 Å². The molecule has 9 heteroatoms. The average Bonchev–Trinajstić information content (AvgIpc) is 3.16. The first kappa shape index (κ1) is 22.5. The predicted molar refractivity (Wildman–Crippen MR) is 128 cm³/mol. The van der Waals surface area contributed by atoms with Crippen molar-refractivity contribution in [2.45, 2.75) is 39.2 Å². The maximum atomic E-state index is 12.6. The van der Waals surface area contributed by atoms with Crippen LogP contribution in [0, 0.1) is 11.7 Å². The van der Waals surface area contributed by atoms with Crippen molar-refractivity contribution in [1.82, 2.24) is 20.4 Å². The Bertz CT molecular complexity index is 1450. The maximum absolute atomic E-state index is 12.6. The molecule has 3 N–H and O–H groups in total. The van der Waals surface area contributed by atoms with E-state index in [1.807, 2.05) is 36.4 Å². The van der Waals surface area contributed by atoms with Gasteiger partial charge in [-0.2, -0.15) is 0 Å². The number of aromatic amines is 1. The molecule has 0 bridgehead atoms. The molecule has 0 fully saturated rings. The minimum atomic E-state index is -0.498. The van der Waals surface area contributed by atoms with Gasteiger partial charge in [0, 0.05) is 23.9 Å². The Balaban J connectivity index is 1.23. The molecule has 2 amide bonds. The Morgan fingerprint density at radius 3 is 2.52 bits per heavy atom. The van der Waals surface area contributed by atoms with Crippen molar-refractivity contribution >= 4 is 45.9 Å². The van der Waals surface area contributed by atoms with E-state index in [4.69, 9.17) is 16.6 Å². The summed E-state index contributed by atoms with van der Waals surface area (Å²) in [6, 6.07) is 14.6. The Hall–Kier alpha value is -3.72. The lowest BCUT2D eigenvalue weighted by atomic mass is 10.1. The normalized spacial score (nSPS) is 11.1. The van der Waals surface area contributed by atoms with Crippen molar-refractivity contribution in [3.8, 4) is 0 Å². The van der Waals surface area contributed by atoms with Crippen LogP contribution in [0.5, 0.6) is 0 Å². The summed E-state index contributed by atoms with van der Waals surface area (Å²) in [5.74, 6) is -0.618. The monoisotopic (exact) mass is 464 g/mol. The average molecular weight is 465 g/mol. The molecule has 170 valence electrons. The van der Waals surface area contributed by atoms with E-state index in [1.54, 1.807) is 23.6 Å². The summed E-state index contributed by atoms with van der Waals surface area (Å²) in [6.07, 6.45) is 2.30.